The van der Waals surface area contributed by atoms with Crippen LogP contribution in [0.1, 0.15) is 40.1 Å². The summed E-state index contributed by atoms with van der Waals surface area (Å²) >= 11 is 7.24. The van der Waals surface area contributed by atoms with Crippen molar-refractivity contribution in [2.75, 3.05) is 19.0 Å². The van der Waals surface area contributed by atoms with Crippen molar-refractivity contribution in [1.82, 2.24) is 4.31 Å². The monoisotopic (exact) mass is 468 g/mol. The lowest BCUT2D eigenvalue weighted by Gasteiger charge is -2.23. The van der Waals surface area contributed by atoms with Gasteiger partial charge in [0.15, 0.2) is 0 Å². The minimum Gasteiger partial charge on any atom is -0.465 e. The molecule has 1 atom stereocenters. The highest BCUT2D eigenvalue weighted by atomic mass is 35.5. The van der Waals surface area contributed by atoms with E-state index < -0.39 is 27.9 Å². The summed E-state index contributed by atoms with van der Waals surface area (Å²) in [5.74, 6) is -0.920. The van der Waals surface area contributed by atoms with Gasteiger partial charge in [-0.05, 0) is 61.9 Å². The molecule has 1 fully saturated rings. The third-order valence-corrected chi connectivity index (χ3v) is 8.86. The molecule has 2 aromatic rings. The zero-order valence-electron chi connectivity index (χ0n) is 16.3. The first-order valence-corrected chi connectivity index (χ1v) is 12.3. The molecular formula is C20H21ClN2O5S2. The first-order valence-electron chi connectivity index (χ1n) is 9.64. The van der Waals surface area contributed by atoms with Gasteiger partial charge >= 0.3 is 5.97 Å². The van der Waals surface area contributed by atoms with Crippen molar-refractivity contribution in [1.29, 1.82) is 0 Å². The Morgan fingerprint density at radius 3 is 2.63 bits per heavy atom. The van der Waals surface area contributed by atoms with E-state index in [2.05, 4.69) is 5.32 Å². The van der Waals surface area contributed by atoms with E-state index in [1.165, 1.54) is 47.0 Å². The van der Waals surface area contributed by atoms with Gasteiger partial charge in [-0.25, -0.2) is 13.2 Å². The van der Waals surface area contributed by atoms with Crippen LogP contribution in [0.3, 0.4) is 0 Å². The number of benzene rings is 1. The van der Waals surface area contributed by atoms with Gasteiger partial charge in [0.2, 0.25) is 15.9 Å². The van der Waals surface area contributed by atoms with Crippen LogP contribution in [-0.4, -0.2) is 44.3 Å². The molecule has 1 aromatic carbocycles. The number of nitrogens with one attached hydrogen (secondary N) is 1. The number of esters is 1. The maximum absolute atomic E-state index is 13.1. The van der Waals surface area contributed by atoms with E-state index in [4.69, 9.17) is 16.3 Å². The lowest BCUT2D eigenvalue weighted by molar-refractivity contribution is -0.119. The fourth-order valence-electron chi connectivity index (χ4n) is 4.04. The number of carbonyl (C=O) groups is 2. The van der Waals surface area contributed by atoms with Crippen molar-refractivity contribution in [3.63, 3.8) is 0 Å². The predicted molar refractivity (Wildman–Crippen MR) is 115 cm³/mol. The second-order valence-corrected chi connectivity index (χ2v) is 10.7. The molecule has 160 valence electrons. The second kappa shape index (κ2) is 8.30. The van der Waals surface area contributed by atoms with Crippen molar-refractivity contribution in [3.05, 3.63) is 45.3 Å². The lowest BCUT2D eigenvalue weighted by atomic mass is 10.1. The average Bonchev–Trinajstić information content (AvgIpc) is 3.43. The largest absolute Gasteiger partial charge is 0.465 e. The van der Waals surface area contributed by atoms with Gasteiger partial charge in [-0.15, -0.1) is 11.3 Å². The standard InChI is InChI=1S/C20H21ClN2O5S2/c1-28-20(25)17-14-4-2-6-16(14)29-19(17)22-18(24)15-5-3-11-23(15)30(26,27)13-9-7-12(21)8-10-13/h7-10,15H,2-6,11H2,1H3,(H,22,24). The summed E-state index contributed by atoms with van der Waals surface area (Å²) in [6.07, 6.45) is 3.59. The molecule has 2 aliphatic rings. The van der Waals surface area contributed by atoms with Crippen LogP contribution in [0.2, 0.25) is 5.02 Å². The van der Waals surface area contributed by atoms with E-state index in [0.717, 1.165) is 29.7 Å². The Morgan fingerprint density at radius 2 is 1.93 bits per heavy atom. The van der Waals surface area contributed by atoms with Crippen LogP contribution in [0.15, 0.2) is 29.2 Å². The molecule has 1 unspecified atom stereocenters. The Morgan fingerprint density at radius 1 is 1.20 bits per heavy atom. The molecule has 0 bridgehead atoms. The van der Waals surface area contributed by atoms with Crippen LogP contribution in [0.4, 0.5) is 5.00 Å². The Hall–Kier alpha value is -1.94. The van der Waals surface area contributed by atoms with E-state index in [-0.39, 0.29) is 11.4 Å². The predicted octanol–water partition coefficient (Wildman–Crippen LogP) is 3.47. The molecular weight excluding hydrogens is 448 g/mol. The number of ether oxygens (including phenoxy) is 1. The van der Waals surface area contributed by atoms with Gasteiger partial charge in [-0.3, -0.25) is 4.79 Å². The fourth-order valence-corrected chi connectivity index (χ4v) is 7.10. The topological polar surface area (TPSA) is 92.8 Å². The van der Waals surface area contributed by atoms with Crippen LogP contribution in [0, 0.1) is 0 Å². The van der Waals surface area contributed by atoms with E-state index in [0.29, 0.717) is 28.4 Å². The summed E-state index contributed by atoms with van der Waals surface area (Å²) in [5.41, 5.74) is 1.33. The van der Waals surface area contributed by atoms with Crippen molar-refractivity contribution in [2.45, 2.75) is 43.0 Å². The molecule has 0 radical (unpaired) electrons. The highest BCUT2D eigenvalue weighted by Gasteiger charge is 2.40. The van der Waals surface area contributed by atoms with E-state index in [1.807, 2.05) is 0 Å². The SMILES string of the molecule is COC(=O)c1c(NC(=O)C2CCCN2S(=O)(=O)c2ccc(Cl)cc2)sc2c1CCC2. The maximum Gasteiger partial charge on any atom is 0.341 e. The highest BCUT2D eigenvalue weighted by Crippen LogP contribution is 2.40. The van der Waals surface area contributed by atoms with Crippen molar-refractivity contribution in [2.24, 2.45) is 0 Å². The van der Waals surface area contributed by atoms with Crippen molar-refractivity contribution >= 4 is 49.8 Å². The molecule has 0 spiro atoms. The Labute approximate surface area is 184 Å². The molecule has 1 N–H and O–H groups in total. The highest BCUT2D eigenvalue weighted by molar-refractivity contribution is 7.89. The molecule has 1 aromatic heterocycles. The maximum atomic E-state index is 13.1. The molecule has 1 aliphatic heterocycles. The molecule has 1 amide bonds. The zero-order chi connectivity index (χ0) is 21.5. The van der Waals surface area contributed by atoms with Gasteiger partial charge in [0, 0.05) is 16.4 Å². The van der Waals surface area contributed by atoms with Crippen LogP contribution >= 0.6 is 22.9 Å². The van der Waals surface area contributed by atoms with Gasteiger partial charge in [0.1, 0.15) is 11.0 Å². The molecule has 10 heteroatoms. The third-order valence-electron chi connectivity index (χ3n) is 5.47. The van der Waals surface area contributed by atoms with Crippen molar-refractivity contribution < 1.29 is 22.7 Å². The fraction of sp³-hybridized carbons (Fsp3) is 0.400. The minimum absolute atomic E-state index is 0.0944. The Bertz CT molecular complexity index is 1100. The average molecular weight is 469 g/mol. The number of hydrogen-bond acceptors (Lipinski definition) is 6. The van der Waals surface area contributed by atoms with Crippen LogP contribution in [0.25, 0.3) is 0 Å². The van der Waals surface area contributed by atoms with Gasteiger partial charge in [-0.2, -0.15) is 4.31 Å². The number of rotatable bonds is 5. The summed E-state index contributed by atoms with van der Waals surface area (Å²) in [7, 11) is -2.53. The molecule has 4 rings (SSSR count). The number of anilines is 1. The third kappa shape index (κ3) is 3.75. The Kier molecular flexibility index (Phi) is 5.89. The summed E-state index contributed by atoms with van der Waals surface area (Å²) < 4.78 is 32.3. The lowest BCUT2D eigenvalue weighted by Crippen LogP contribution is -2.43. The molecule has 30 heavy (non-hydrogen) atoms. The van der Waals surface area contributed by atoms with Gasteiger partial charge in [-0.1, -0.05) is 11.6 Å². The smallest absolute Gasteiger partial charge is 0.341 e. The first kappa shape index (κ1) is 21.3. The van der Waals surface area contributed by atoms with E-state index in [9.17, 15) is 18.0 Å². The number of amides is 1. The van der Waals surface area contributed by atoms with Crippen LogP contribution < -0.4 is 5.32 Å². The molecule has 1 aliphatic carbocycles. The second-order valence-electron chi connectivity index (χ2n) is 7.27. The van der Waals surface area contributed by atoms with Gasteiger partial charge < -0.3 is 10.1 Å². The number of fused-ring (bicyclic) bond motifs is 1. The number of sulfonamides is 1. The summed E-state index contributed by atoms with van der Waals surface area (Å²) in [6, 6.07) is 5.05. The number of thiophene rings is 1. The van der Waals surface area contributed by atoms with Crippen LogP contribution in [0.5, 0.6) is 0 Å². The van der Waals surface area contributed by atoms with E-state index >= 15 is 0 Å². The normalized spacial score (nSPS) is 18.9. The molecule has 0 saturated carbocycles. The number of carbonyl (C=O) groups excluding carboxylic acids is 2. The first-order chi connectivity index (χ1) is 14.3. The zero-order valence-corrected chi connectivity index (χ0v) is 18.7. The van der Waals surface area contributed by atoms with Gasteiger partial charge in [0.25, 0.3) is 0 Å². The number of hydrogen-bond donors (Lipinski definition) is 1. The number of halogens is 1. The van der Waals surface area contributed by atoms with Crippen LogP contribution in [-0.2, 0) is 32.4 Å². The van der Waals surface area contributed by atoms with Crippen molar-refractivity contribution in [3.8, 4) is 0 Å². The molecule has 7 nitrogen and oxygen atoms in total. The molecule has 1 saturated heterocycles. The number of nitrogens with zero attached hydrogens (tertiary/aromatic N) is 1. The minimum atomic E-state index is -3.84. The van der Waals surface area contributed by atoms with E-state index in [1.54, 1.807) is 0 Å². The number of aryl methyl sites for hydroxylation is 1. The van der Waals surface area contributed by atoms with Gasteiger partial charge in [0.05, 0.1) is 17.6 Å². The Balaban J connectivity index is 1.60. The summed E-state index contributed by atoms with van der Waals surface area (Å²) in [4.78, 5) is 26.5. The molecule has 2 heterocycles. The summed E-state index contributed by atoms with van der Waals surface area (Å²) in [5, 5.41) is 3.68. The number of methoxy groups -OCH3 is 1. The summed E-state index contributed by atoms with van der Waals surface area (Å²) in [6.45, 7) is 0.258. The quantitative estimate of drug-likeness (QED) is 0.678.